The Hall–Kier alpha value is -5.83. The Kier molecular flexibility index (Phi) is 10.5. The van der Waals surface area contributed by atoms with E-state index in [1.807, 2.05) is 6.07 Å². The maximum Gasteiger partial charge on any atom is 0.272 e. The summed E-state index contributed by atoms with van der Waals surface area (Å²) in [5.41, 5.74) is 2.50. The first-order chi connectivity index (χ1) is 21.3. The molecule has 0 heterocycles. The maximum atomic E-state index is 13.5. The van der Waals surface area contributed by atoms with Gasteiger partial charge in [-0.15, -0.1) is 0 Å². The summed E-state index contributed by atoms with van der Waals surface area (Å²) in [5, 5.41) is 5.49. The summed E-state index contributed by atoms with van der Waals surface area (Å²) in [7, 11) is 6.13. The summed E-state index contributed by atoms with van der Waals surface area (Å²) < 4.78 is 21.3. The van der Waals surface area contributed by atoms with Crippen molar-refractivity contribution in [2.45, 2.75) is 0 Å². The monoisotopic (exact) mass is 592 g/mol. The van der Waals surface area contributed by atoms with Crippen molar-refractivity contribution in [3.8, 4) is 23.0 Å². The number of benzene rings is 4. The largest absolute Gasteiger partial charge is 0.497 e. The number of nitrogens with one attached hydrogen (secondary N) is 2. The van der Waals surface area contributed by atoms with Crippen LogP contribution < -0.4 is 29.6 Å². The Morgan fingerprint density at radius 3 is 2.00 bits per heavy atom. The molecule has 0 aromatic heterocycles. The van der Waals surface area contributed by atoms with Crippen LogP contribution in [0.2, 0.25) is 0 Å². The molecule has 4 aromatic carbocycles. The van der Waals surface area contributed by atoms with Gasteiger partial charge in [0.1, 0.15) is 17.2 Å². The smallest absolute Gasteiger partial charge is 0.272 e. The Morgan fingerprint density at radius 2 is 1.34 bits per heavy atom. The molecule has 0 atom stereocenters. The zero-order valence-electron chi connectivity index (χ0n) is 24.8. The van der Waals surface area contributed by atoms with Crippen molar-refractivity contribution in [1.82, 2.24) is 5.32 Å². The van der Waals surface area contributed by atoms with Crippen LogP contribution in [-0.4, -0.2) is 46.0 Å². The summed E-state index contributed by atoms with van der Waals surface area (Å²) in [6, 6.07) is 25.4. The van der Waals surface area contributed by atoms with Gasteiger partial charge in [-0.1, -0.05) is 30.3 Å². The van der Waals surface area contributed by atoms with Gasteiger partial charge in [-0.2, -0.15) is 0 Å². The lowest BCUT2D eigenvalue weighted by molar-refractivity contribution is -0.113. The summed E-state index contributed by atoms with van der Waals surface area (Å²) in [5.74, 6) is 0.913. The molecule has 0 fully saturated rings. The number of allylic oxidation sites excluding steroid dienone is 1. The molecule has 4 aromatic rings. The normalized spacial score (nSPS) is 11.0. The van der Waals surface area contributed by atoms with E-state index >= 15 is 0 Å². The van der Waals surface area contributed by atoms with E-state index in [1.165, 1.54) is 26.4 Å². The van der Waals surface area contributed by atoms with E-state index in [0.29, 0.717) is 45.4 Å². The first kappa shape index (κ1) is 31.1. The minimum absolute atomic E-state index is 0.0246. The first-order valence-electron chi connectivity index (χ1n) is 13.5. The van der Waals surface area contributed by atoms with Crippen molar-refractivity contribution < 1.29 is 33.3 Å². The Morgan fingerprint density at radius 1 is 0.659 bits per heavy atom. The number of rotatable bonds is 12. The minimum atomic E-state index is -0.577. The number of ether oxygens (including phenoxy) is 4. The van der Waals surface area contributed by atoms with E-state index in [0.717, 1.165) is 5.56 Å². The molecular formula is C35H32N2O7. The van der Waals surface area contributed by atoms with Gasteiger partial charge in [-0.25, -0.2) is 0 Å². The molecule has 9 heteroatoms. The molecule has 0 radical (unpaired) electrons. The van der Waals surface area contributed by atoms with Crippen LogP contribution >= 0.6 is 0 Å². The summed E-state index contributed by atoms with van der Waals surface area (Å²) in [6.45, 7) is 0. The highest BCUT2D eigenvalue weighted by Gasteiger charge is 2.17. The van der Waals surface area contributed by atoms with E-state index in [1.54, 1.807) is 105 Å². The maximum absolute atomic E-state index is 13.5. The molecule has 0 aliphatic heterocycles. The average Bonchev–Trinajstić information content (AvgIpc) is 3.07. The predicted octanol–water partition coefficient (Wildman–Crippen LogP) is 6.03. The molecule has 4 rings (SSSR count). The fraction of sp³-hybridized carbons (Fsp3) is 0.114. The number of carbonyl (C=O) groups excluding carboxylic acids is 3. The molecule has 44 heavy (non-hydrogen) atoms. The molecule has 224 valence electrons. The second-order valence-corrected chi connectivity index (χ2v) is 9.33. The van der Waals surface area contributed by atoms with Crippen LogP contribution in [0, 0.1) is 0 Å². The molecule has 0 saturated carbocycles. The number of hydrogen-bond acceptors (Lipinski definition) is 7. The molecule has 9 nitrogen and oxygen atoms in total. The van der Waals surface area contributed by atoms with Gasteiger partial charge >= 0.3 is 0 Å². The van der Waals surface area contributed by atoms with Crippen molar-refractivity contribution in [3.63, 3.8) is 0 Å². The average molecular weight is 593 g/mol. The lowest BCUT2D eigenvalue weighted by Gasteiger charge is -2.13. The van der Waals surface area contributed by atoms with Gasteiger partial charge in [0, 0.05) is 22.4 Å². The molecule has 0 spiro atoms. The highest BCUT2D eigenvalue weighted by Crippen LogP contribution is 2.28. The van der Waals surface area contributed by atoms with E-state index in [-0.39, 0.29) is 11.5 Å². The van der Waals surface area contributed by atoms with Gasteiger partial charge in [0.15, 0.2) is 17.3 Å². The SMILES string of the molecule is COc1ccc(OC)c(/C=C(\NC(=O)c2ccccc2)C(=O)Nc2ccc(C(=O)/C=C/c3ccc(OC)c(OC)c3)cc2)c1. The third-order valence-electron chi connectivity index (χ3n) is 6.53. The summed E-state index contributed by atoms with van der Waals surface area (Å²) >= 11 is 0. The first-order valence-corrected chi connectivity index (χ1v) is 13.5. The molecule has 0 saturated heterocycles. The fourth-order valence-electron chi connectivity index (χ4n) is 4.19. The topological polar surface area (TPSA) is 112 Å². The van der Waals surface area contributed by atoms with Crippen LogP contribution in [0.25, 0.3) is 12.2 Å². The van der Waals surface area contributed by atoms with Gasteiger partial charge in [-0.05, 0) is 84.4 Å². The molecule has 0 aliphatic carbocycles. The lowest BCUT2D eigenvalue weighted by Crippen LogP contribution is -2.30. The number of amides is 2. The molecule has 2 amide bonds. The van der Waals surface area contributed by atoms with Crippen LogP contribution in [-0.2, 0) is 4.79 Å². The number of hydrogen-bond donors (Lipinski definition) is 2. The standard InChI is InChI=1S/C35H32N2O7/c1-41-28-16-19-31(42-2)26(21-28)22-29(37-34(39)25-8-6-5-7-9-25)35(40)36-27-14-12-24(13-15-27)30(38)17-10-23-11-18-32(43-3)33(20-23)44-4/h5-22H,1-4H3,(H,36,40)(H,37,39)/b17-10+,29-22-. The molecule has 0 bridgehead atoms. The zero-order chi connectivity index (χ0) is 31.5. The van der Waals surface area contributed by atoms with Crippen LogP contribution in [0.15, 0.2) is 103 Å². The zero-order valence-corrected chi connectivity index (χ0v) is 24.8. The number of anilines is 1. The third-order valence-corrected chi connectivity index (χ3v) is 6.53. The van der Waals surface area contributed by atoms with Crippen LogP contribution in [0.5, 0.6) is 23.0 Å². The van der Waals surface area contributed by atoms with Crippen LogP contribution in [0.3, 0.4) is 0 Å². The van der Waals surface area contributed by atoms with Crippen molar-refractivity contribution >= 4 is 35.4 Å². The molecule has 0 unspecified atom stereocenters. The third kappa shape index (κ3) is 7.92. The second-order valence-electron chi connectivity index (χ2n) is 9.33. The second kappa shape index (κ2) is 14.9. The quantitative estimate of drug-likeness (QED) is 0.153. The predicted molar refractivity (Wildman–Crippen MR) is 169 cm³/mol. The van der Waals surface area contributed by atoms with Crippen molar-refractivity contribution in [2.24, 2.45) is 0 Å². The van der Waals surface area contributed by atoms with Crippen LogP contribution in [0.1, 0.15) is 31.8 Å². The molecule has 0 aliphatic rings. The van der Waals surface area contributed by atoms with Gasteiger partial charge in [0.25, 0.3) is 11.8 Å². The Labute approximate surface area is 255 Å². The van der Waals surface area contributed by atoms with E-state index in [2.05, 4.69) is 10.6 Å². The van der Waals surface area contributed by atoms with Crippen molar-refractivity contribution in [3.05, 3.63) is 125 Å². The number of ketones is 1. The van der Waals surface area contributed by atoms with Gasteiger partial charge in [0.05, 0.1) is 28.4 Å². The molecular weight excluding hydrogens is 560 g/mol. The summed E-state index contributed by atoms with van der Waals surface area (Å²) in [4.78, 5) is 39.2. The van der Waals surface area contributed by atoms with Crippen molar-refractivity contribution in [1.29, 1.82) is 0 Å². The summed E-state index contributed by atoms with van der Waals surface area (Å²) in [6.07, 6.45) is 4.64. The van der Waals surface area contributed by atoms with Gasteiger partial charge in [-0.3, -0.25) is 14.4 Å². The van der Waals surface area contributed by atoms with Crippen LogP contribution in [0.4, 0.5) is 5.69 Å². The van der Waals surface area contributed by atoms with Gasteiger partial charge in [0.2, 0.25) is 0 Å². The Balaban J connectivity index is 1.53. The lowest BCUT2D eigenvalue weighted by atomic mass is 10.1. The number of carbonyl (C=O) groups is 3. The number of methoxy groups -OCH3 is 4. The Bertz CT molecular complexity index is 1690. The highest BCUT2D eigenvalue weighted by molar-refractivity contribution is 6.11. The van der Waals surface area contributed by atoms with E-state index in [4.69, 9.17) is 18.9 Å². The fourth-order valence-corrected chi connectivity index (χ4v) is 4.19. The molecule has 2 N–H and O–H groups in total. The highest BCUT2D eigenvalue weighted by atomic mass is 16.5. The van der Waals surface area contributed by atoms with E-state index < -0.39 is 11.8 Å². The minimum Gasteiger partial charge on any atom is -0.497 e. The van der Waals surface area contributed by atoms with Crippen molar-refractivity contribution in [2.75, 3.05) is 33.8 Å². The van der Waals surface area contributed by atoms with E-state index in [9.17, 15) is 14.4 Å². The van der Waals surface area contributed by atoms with Gasteiger partial charge < -0.3 is 29.6 Å².